The van der Waals surface area contributed by atoms with Crippen LogP contribution >= 0.6 is 0 Å². The molecule has 0 unspecified atom stereocenters. The summed E-state index contributed by atoms with van der Waals surface area (Å²) in [7, 11) is 0. The second-order valence-corrected chi connectivity index (χ2v) is 6.68. The molecule has 4 heteroatoms. The SMILES string of the molecule is Cc1cc(C)nc([C@H](C#N)C(=O)C[C@H]2C[C@H]3CC[C@H]2C3)n1. The van der Waals surface area contributed by atoms with E-state index in [0.717, 1.165) is 17.3 Å². The summed E-state index contributed by atoms with van der Waals surface area (Å²) in [4.78, 5) is 21.1. The van der Waals surface area contributed by atoms with Crippen LogP contribution in [0.2, 0.25) is 0 Å². The highest BCUT2D eigenvalue weighted by atomic mass is 16.1. The fourth-order valence-corrected chi connectivity index (χ4v) is 4.16. The lowest BCUT2D eigenvalue weighted by atomic mass is 9.83. The van der Waals surface area contributed by atoms with Crippen LogP contribution < -0.4 is 0 Å². The van der Waals surface area contributed by atoms with Crippen LogP contribution in [0, 0.1) is 42.9 Å². The van der Waals surface area contributed by atoms with Gasteiger partial charge >= 0.3 is 0 Å². The van der Waals surface area contributed by atoms with Gasteiger partial charge < -0.3 is 0 Å². The van der Waals surface area contributed by atoms with Crippen LogP contribution in [0.4, 0.5) is 0 Å². The minimum Gasteiger partial charge on any atom is -0.298 e. The molecule has 110 valence electrons. The van der Waals surface area contributed by atoms with Gasteiger partial charge in [-0.15, -0.1) is 0 Å². The first-order valence-electron chi connectivity index (χ1n) is 7.81. The Hall–Kier alpha value is -1.76. The molecule has 0 aliphatic heterocycles. The molecule has 3 rings (SSSR count). The summed E-state index contributed by atoms with van der Waals surface area (Å²) in [5, 5.41) is 9.39. The first-order chi connectivity index (χ1) is 10.1. The molecule has 2 aliphatic rings. The van der Waals surface area contributed by atoms with Crippen LogP contribution in [0.15, 0.2) is 6.07 Å². The van der Waals surface area contributed by atoms with Gasteiger partial charge in [0.25, 0.3) is 0 Å². The second-order valence-electron chi connectivity index (χ2n) is 6.68. The number of rotatable bonds is 4. The molecule has 0 aromatic carbocycles. The molecule has 0 amide bonds. The molecule has 0 N–H and O–H groups in total. The molecule has 0 saturated heterocycles. The molecule has 4 atom stereocenters. The van der Waals surface area contributed by atoms with Crippen molar-refractivity contribution in [1.29, 1.82) is 5.26 Å². The predicted octanol–water partition coefficient (Wildman–Crippen LogP) is 3.10. The van der Waals surface area contributed by atoms with E-state index in [1.807, 2.05) is 19.9 Å². The van der Waals surface area contributed by atoms with Crippen LogP contribution in [0.5, 0.6) is 0 Å². The standard InChI is InChI=1S/C17H21N3O/c1-10-5-11(2)20-17(19-10)15(9-18)16(21)8-14-7-12-3-4-13(14)6-12/h5,12-15H,3-4,6-8H2,1-2H3/t12-,13-,14+,15+/m0/s1. The number of hydrogen-bond donors (Lipinski definition) is 0. The number of aromatic nitrogens is 2. The van der Waals surface area contributed by atoms with Crippen molar-refractivity contribution in [3.8, 4) is 6.07 Å². The average Bonchev–Trinajstić information content (AvgIpc) is 3.00. The maximum absolute atomic E-state index is 12.5. The van der Waals surface area contributed by atoms with Crippen molar-refractivity contribution >= 4 is 5.78 Å². The Morgan fingerprint density at radius 2 is 2.05 bits per heavy atom. The van der Waals surface area contributed by atoms with E-state index in [4.69, 9.17) is 0 Å². The molecular formula is C17H21N3O. The summed E-state index contributed by atoms with van der Waals surface area (Å²) in [6, 6.07) is 3.98. The molecule has 2 fully saturated rings. The number of fused-ring (bicyclic) bond motifs is 2. The Bertz CT molecular complexity index is 584. The number of nitriles is 1. The lowest BCUT2D eigenvalue weighted by Gasteiger charge is -2.21. The minimum atomic E-state index is -0.803. The molecule has 1 heterocycles. The molecule has 4 nitrogen and oxygen atoms in total. The zero-order valence-electron chi connectivity index (χ0n) is 12.7. The molecule has 21 heavy (non-hydrogen) atoms. The number of carbonyl (C=O) groups excluding carboxylic acids is 1. The van der Waals surface area contributed by atoms with E-state index in [1.165, 1.54) is 25.7 Å². The molecule has 0 spiro atoms. The highest BCUT2D eigenvalue weighted by Crippen LogP contribution is 2.49. The van der Waals surface area contributed by atoms with E-state index in [2.05, 4.69) is 16.0 Å². The van der Waals surface area contributed by atoms with Crippen LogP contribution in [-0.4, -0.2) is 15.8 Å². The normalized spacial score (nSPS) is 28.3. The lowest BCUT2D eigenvalue weighted by molar-refractivity contribution is -0.120. The fourth-order valence-electron chi connectivity index (χ4n) is 4.16. The topological polar surface area (TPSA) is 66.6 Å². The predicted molar refractivity (Wildman–Crippen MR) is 78.4 cm³/mol. The number of Topliss-reactive ketones (excluding diaryl/α,β-unsaturated/α-hetero) is 1. The highest BCUT2D eigenvalue weighted by molar-refractivity contribution is 5.87. The Labute approximate surface area is 125 Å². The van der Waals surface area contributed by atoms with Crippen molar-refractivity contribution in [3.05, 3.63) is 23.3 Å². The summed E-state index contributed by atoms with van der Waals surface area (Å²) in [5.41, 5.74) is 1.62. The van der Waals surface area contributed by atoms with E-state index in [0.29, 0.717) is 24.1 Å². The largest absolute Gasteiger partial charge is 0.298 e. The number of ketones is 1. The van der Waals surface area contributed by atoms with E-state index in [1.54, 1.807) is 0 Å². The summed E-state index contributed by atoms with van der Waals surface area (Å²) in [6.45, 7) is 3.74. The number of carbonyl (C=O) groups is 1. The molecule has 2 aliphatic carbocycles. The summed E-state index contributed by atoms with van der Waals surface area (Å²) < 4.78 is 0. The van der Waals surface area contributed by atoms with E-state index in [9.17, 15) is 10.1 Å². The van der Waals surface area contributed by atoms with Gasteiger partial charge in [0.15, 0.2) is 17.5 Å². The van der Waals surface area contributed by atoms with Crippen LogP contribution in [-0.2, 0) is 4.79 Å². The van der Waals surface area contributed by atoms with Crippen molar-refractivity contribution < 1.29 is 4.79 Å². The summed E-state index contributed by atoms with van der Waals surface area (Å²) in [6.07, 6.45) is 5.57. The molecule has 2 saturated carbocycles. The summed E-state index contributed by atoms with van der Waals surface area (Å²) in [5.74, 6) is 1.59. The van der Waals surface area contributed by atoms with Gasteiger partial charge in [0.05, 0.1) is 6.07 Å². The Morgan fingerprint density at radius 3 is 2.57 bits per heavy atom. The first-order valence-corrected chi connectivity index (χ1v) is 7.81. The summed E-state index contributed by atoms with van der Waals surface area (Å²) >= 11 is 0. The third-order valence-electron chi connectivity index (χ3n) is 5.06. The van der Waals surface area contributed by atoms with E-state index < -0.39 is 5.92 Å². The van der Waals surface area contributed by atoms with Gasteiger partial charge in [0.1, 0.15) is 0 Å². The Morgan fingerprint density at radius 1 is 1.33 bits per heavy atom. The average molecular weight is 283 g/mol. The van der Waals surface area contributed by atoms with Crippen molar-refractivity contribution in [3.63, 3.8) is 0 Å². The van der Waals surface area contributed by atoms with Crippen LogP contribution in [0.25, 0.3) is 0 Å². The van der Waals surface area contributed by atoms with Gasteiger partial charge in [-0.3, -0.25) is 4.79 Å². The second kappa shape index (κ2) is 5.55. The van der Waals surface area contributed by atoms with Crippen molar-refractivity contribution in [1.82, 2.24) is 9.97 Å². The lowest BCUT2D eigenvalue weighted by Crippen LogP contribution is -2.21. The molecule has 1 aromatic rings. The number of nitrogens with zero attached hydrogens (tertiary/aromatic N) is 3. The molecular weight excluding hydrogens is 262 g/mol. The number of hydrogen-bond acceptors (Lipinski definition) is 4. The maximum Gasteiger partial charge on any atom is 0.164 e. The molecule has 0 radical (unpaired) electrons. The van der Waals surface area contributed by atoms with Crippen LogP contribution in [0.1, 0.15) is 55.2 Å². The van der Waals surface area contributed by atoms with Gasteiger partial charge in [0, 0.05) is 17.8 Å². The molecule has 2 bridgehead atoms. The quantitative estimate of drug-likeness (QED) is 0.851. The first kappa shape index (κ1) is 14.2. The highest BCUT2D eigenvalue weighted by Gasteiger charge is 2.41. The number of aryl methyl sites for hydroxylation is 2. The van der Waals surface area contributed by atoms with Crippen LogP contribution in [0.3, 0.4) is 0 Å². The monoisotopic (exact) mass is 283 g/mol. The minimum absolute atomic E-state index is 0.0000463. The van der Waals surface area contributed by atoms with E-state index >= 15 is 0 Å². The van der Waals surface area contributed by atoms with Crippen molar-refractivity contribution in [2.24, 2.45) is 17.8 Å². The van der Waals surface area contributed by atoms with Gasteiger partial charge in [-0.05, 0) is 56.9 Å². The van der Waals surface area contributed by atoms with Crippen molar-refractivity contribution in [2.75, 3.05) is 0 Å². The maximum atomic E-state index is 12.5. The van der Waals surface area contributed by atoms with Gasteiger partial charge in [0.2, 0.25) is 0 Å². The Kier molecular flexibility index (Phi) is 3.75. The van der Waals surface area contributed by atoms with Gasteiger partial charge in [-0.1, -0.05) is 6.42 Å². The Balaban J connectivity index is 1.74. The zero-order chi connectivity index (χ0) is 15.0. The van der Waals surface area contributed by atoms with Gasteiger partial charge in [-0.25, -0.2) is 9.97 Å². The molecule has 1 aromatic heterocycles. The zero-order valence-corrected chi connectivity index (χ0v) is 12.7. The fraction of sp³-hybridized carbons (Fsp3) is 0.647. The van der Waals surface area contributed by atoms with E-state index in [-0.39, 0.29) is 5.78 Å². The third-order valence-corrected chi connectivity index (χ3v) is 5.06. The van der Waals surface area contributed by atoms with Crippen molar-refractivity contribution in [2.45, 2.75) is 51.9 Å². The van der Waals surface area contributed by atoms with Gasteiger partial charge in [-0.2, -0.15) is 5.26 Å². The smallest absolute Gasteiger partial charge is 0.164 e. The third kappa shape index (κ3) is 2.83.